The first-order valence-corrected chi connectivity index (χ1v) is 6.26. The lowest BCUT2D eigenvalue weighted by Gasteiger charge is -1.98. The molecule has 3 N–H and O–H groups in total. The number of carbonyl (C=O) groups is 1. The lowest BCUT2D eigenvalue weighted by atomic mass is 10.2. The molecule has 0 bridgehead atoms. The number of nitrogens with zero attached hydrogens (tertiary/aromatic N) is 1. The average molecular weight is 337 g/mol. The smallest absolute Gasteiger partial charge is 0.313 e. The molecule has 1 amide bonds. The zero-order valence-electron chi connectivity index (χ0n) is 10.0. The second-order valence-electron chi connectivity index (χ2n) is 3.74. The van der Waals surface area contributed by atoms with Crippen LogP contribution in [0.4, 0.5) is 0 Å². The monoisotopic (exact) mass is 336 g/mol. The summed E-state index contributed by atoms with van der Waals surface area (Å²) in [7, 11) is 0. The number of aromatic amines is 2. The maximum absolute atomic E-state index is 11.6. The van der Waals surface area contributed by atoms with Gasteiger partial charge in [-0.05, 0) is 17.7 Å². The van der Waals surface area contributed by atoms with Gasteiger partial charge in [-0.25, -0.2) is 10.2 Å². The summed E-state index contributed by atoms with van der Waals surface area (Å²) in [6.45, 7) is 0. The van der Waals surface area contributed by atoms with Gasteiger partial charge in [-0.15, -0.1) is 0 Å². The fraction of sp³-hybridized carbons (Fsp3) is 0. The van der Waals surface area contributed by atoms with Crippen molar-refractivity contribution in [2.24, 2.45) is 5.10 Å². The summed E-state index contributed by atoms with van der Waals surface area (Å²) in [5, 5.41) is 3.73. The van der Waals surface area contributed by atoms with Gasteiger partial charge in [-0.1, -0.05) is 28.1 Å². The lowest BCUT2D eigenvalue weighted by molar-refractivity contribution is 0.0953. The van der Waals surface area contributed by atoms with Gasteiger partial charge in [-0.2, -0.15) is 5.10 Å². The van der Waals surface area contributed by atoms with Crippen molar-refractivity contribution in [1.29, 1.82) is 0 Å². The molecule has 20 heavy (non-hydrogen) atoms. The van der Waals surface area contributed by atoms with E-state index in [0.29, 0.717) is 0 Å². The van der Waals surface area contributed by atoms with Crippen LogP contribution >= 0.6 is 15.9 Å². The minimum absolute atomic E-state index is 0.224. The summed E-state index contributed by atoms with van der Waals surface area (Å²) in [6, 6.07) is 7.25. The Balaban J connectivity index is 2.07. The van der Waals surface area contributed by atoms with Crippen LogP contribution in [0.3, 0.4) is 0 Å². The molecule has 0 fully saturated rings. The number of rotatable bonds is 3. The van der Waals surface area contributed by atoms with E-state index in [4.69, 9.17) is 0 Å². The van der Waals surface area contributed by atoms with E-state index in [0.717, 1.165) is 16.2 Å². The maximum atomic E-state index is 11.6. The molecular weight excluding hydrogens is 328 g/mol. The molecular formula is C12H9BrN4O3. The van der Waals surface area contributed by atoms with E-state index in [1.165, 1.54) is 6.21 Å². The summed E-state index contributed by atoms with van der Waals surface area (Å²) < 4.78 is 0.929. The molecule has 0 aliphatic carbocycles. The quantitative estimate of drug-likeness (QED) is 0.563. The summed E-state index contributed by atoms with van der Waals surface area (Å²) >= 11 is 3.30. The molecule has 2 rings (SSSR count). The zero-order chi connectivity index (χ0) is 14.5. The van der Waals surface area contributed by atoms with Crippen LogP contribution in [0.1, 0.15) is 15.9 Å². The Morgan fingerprint density at radius 2 is 1.95 bits per heavy atom. The number of nitrogens with one attached hydrogen (secondary N) is 3. The van der Waals surface area contributed by atoms with Gasteiger partial charge < -0.3 is 4.98 Å². The van der Waals surface area contributed by atoms with Crippen molar-refractivity contribution in [2.45, 2.75) is 0 Å². The van der Waals surface area contributed by atoms with Crippen molar-refractivity contribution in [1.82, 2.24) is 15.4 Å². The molecule has 0 unspecified atom stereocenters. The molecule has 8 heteroatoms. The van der Waals surface area contributed by atoms with Gasteiger partial charge in [0.05, 0.1) is 6.21 Å². The summed E-state index contributed by atoms with van der Waals surface area (Å²) in [5.41, 5.74) is 1.31. The van der Waals surface area contributed by atoms with E-state index in [9.17, 15) is 14.4 Å². The standard InChI is InChI=1S/C12H9BrN4O3/c13-8-3-1-7(2-4-8)5-15-17-11(19)9-6-14-12(20)16-10(9)18/h1-6H,(H,17,19)(H2,14,16,18,20). The first-order valence-electron chi connectivity index (χ1n) is 5.47. The molecule has 1 aromatic heterocycles. The van der Waals surface area contributed by atoms with Crippen molar-refractivity contribution in [2.75, 3.05) is 0 Å². The highest BCUT2D eigenvalue weighted by atomic mass is 79.9. The second kappa shape index (κ2) is 6.11. The van der Waals surface area contributed by atoms with E-state index in [-0.39, 0.29) is 5.56 Å². The normalized spacial score (nSPS) is 10.7. The first-order chi connectivity index (χ1) is 9.56. The molecule has 0 aliphatic rings. The number of halogens is 1. The topological polar surface area (TPSA) is 107 Å². The Kier molecular flexibility index (Phi) is 4.26. The third-order valence-electron chi connectivity index (χ3n) is 2.31. The molecule has 7 nitrogen and oxygen atoms in total. The Morgan fingerprint density at radius 3 is 2.60 bits per heavy atom. The number of hydrogen-bond donors (Lipinski definition) is 3. The van der Waals surface area contributed by atoms with Gasteiger partial charge >= 0.3 is 5.69 Å². The SMILES string of the molecule is O=C(NN=Cc1ccc(Br)cc1)c1c[nH]c(=O)[nH]c1=O. The predicted molar refractivity (Wildman–Crippen MR) is 76.9 cm³/mol. The lowest BCUT2D eigenvalue weighted by Crippen LogP contribution is -2.31. The number of benzene rings is 1. The first kappa shape index (κ1) is 13.9. The van der Waals surface area contributed by atoms with Gasteiger partial charge in [0.25, 0.3) is 11.5 Å². The van der Waals surface area contributed by atoms with E-state index in [1.807, 2.05) is 17.1 Å². The van der Waals surface area contributed by atoms with Gasteiger partial charge in [0.15, 0.2) is 0 Å². The van der Waals surface area contributed by atoms with Gasteiger partial charge in [0.1, 0.15) is 5.56 Å². The number of carbonyl (C=O) groups excluding carboxylic acids is 1. The van der Waals surface area contributed by atoms with Crippen molar-refractivity contribution in [3.63, 3.8) is 0 Å². The molecule has 1 aromatic carbocycles. The van der Waals surface area contributed by atoms with E-state index >= 15 is 0 Å². The third-order valence-corrected chi connectivity index (χ3v) is 2.84. The Bertz CT molecular complexity index is 761. The van der Waals surface area contributed by atoms with Crippen LogP contribution in [0.5, 0.6) is 0 Å². The van der Waals surface area contributed by atoms with Crippen LogP contribution in [0.25, 0.3) is 0 Å². The van der Waals surface area contributed by atoms with Crippen molar-refractivity contribution in [3.8, 4) is 0 Å². The zero-order valence-corrected chi connectivity index (χ0v) is 11.6. The molecule has 0 atom stereocenters. The Labute approximate surface area is 120 Å². The summed E-state index contributed by atoms with van der Waals surface area (Å²) in [6.07, 6.45) is 2.47. The van der Waals surface area contributed by atoms with E-state index < -0.39 is 17.2 Å². The molecule has 0 aliphatic heterocycles. The van der Waals surface area contributed by atoms with Gasteiger partial charge in [-0.3, -0.25) is 14.6 Å². The van der Waals surface area contributed by atoms with Crippen molar-refractivity contribution in [3.05, 3.63) is 66.9 Å². The minimum Gasteiger partial charge on any atom is -0.313 e. The highest BCUT2D eigenvalue weighted by Gasteiger charge is 2.09. The van der Waals surface area contributed by atoms with Crippen molar-refractivity contribution >= 4 is 28.1 Å². The number of H-pyrrole nitrogens is 2. The fourth-order valence-electron chi connectivity index (χ4n) is 1.35. The molecule has 1 heterocycles. The maximum Gasteiger partial charge on any atom is 0.325 e. The van der Waals surface area contributed by atoms with Crippen LogP contribution in [-0.2, 0) is 0 Å². The summed E-state index contributed by atoms with van der Waals surface area (Å²) in [4.78, 5) is 38.0. The number of aromatic nitrogens is 2. The van der Waals surface area contributed by atoms with Gasteiger partial charge in [0.2, 0.25) is 0 Å². The fourth-order valence-corrected chi connectivity index (χ4v) is 1.62. The van der Waals surface area contributed by atoms with Crippen LogP contribution in [-0.4, -0.2) is 22.1 Å². The highest BCUT2D eigenvalue weighted by molar-refractivity contribution is 9.10. The Hall–Kier alpha value is -2.48. The summed E-state index contributed by atoms with van der Waals surface area (Å²) in [5.74, 6) is -0.712. The molecule has 0 saturated heterocycles. The molecule has 0 spiro atoms. The highest BCUT2D eigenvalue weighted by Crippen LogP contribution is 2.08. The molecule has 102 valence electrons. The number of hydrazone groups is 1. The van der Waals surface area contributed by atoms with E-state index in [1.54, 1.807) is 12.1 Å². The number of amides is 1. The Morgan fingerprint density at radius 1 is 1.25 bits per heavy atom. The van der Waals surface area contributed by atoms with Crippen molar-refractivity contribution < 1.29 is 4.79 Å². The molecule has 0 saturated carbocycles. The number of hydrogen-bond acceptors (Lipinski definition) is 4. The van der Waals surface area contributed by atoms with Crippen LogP contribution < -0.4 is 16.7 Å². The largest absolute Gasteiger partial charge is 0.325 e. The second-order valence-corrected chi connectivity index (χ2v) is 4.65. The van der Waals surface area contributed by atoms with Crippen LogP contribution in [0.2, 0.25) is 0 Å². The predicted octanol–water partition coefficient (Wildman–Crippen LogP) is 0.590. The van der Waals surface area contributed by atoms with Gasteiger partial charge in [0, 0.05) is 10.7 Å². The third kappa shape index (κ3) is 3.51. The molecule has 0 radical (unpaired) electrons. The van der Waals surface area contributed by atoms with Crippen LogP contribution in [0, 0.1) is 0 Å². The minimum atomic E-state index is -0.773. The average Bonchev–Trinajstić information content (AvgIpc) is 2.41. The van der Waals surface area contributed by atoms with E-state index in [2.05, 4.69) is 31.4 Å². The van der Waals surface area contributed by atoms with Crippen LogP contribution in [0.15, 0.2) is 49.6 Å². The molecule has 2 aromatic rings.